The number of rotatable bonds is 4. The van der Waals surface area contributed by atoms with Crippen LogP contribution in [-0.4, -0.2) is 20.6 Å². The summed E-state index contributed by atoms with van der Waals surface area (Å²) in [4.78, 5) is 9.56. The maximum absolute atomic E-state index is 4.81. The number of hydrazone groups is 1. The van der Waals surface area contributed by atoms with E-state index in [0.29, 0.717) is 0 Å². The molecule has 0 fully saturated rings. The van der Waals surface area contributed by atoms with Crippen LogP contribution in [0.1, 0.15) is 16.8 Å². The summed E-state index contributed by atoms with van der Waals surface area (Å²) in [6, 6.07) is 24.5. The average Bonchev–Trinajstić information content (AvgIpc) is 3.14. The Morgan fingerprint density at radius 1 is 0.900 bits per heavy atom. The molecule has 1 N–H and O–H groups in total. The number of aromatic nitrogens is 3. The summed E-state index contributed by atoms with van der Waals surface area (Å²) in [5, 5.41) is 5.64. The van der Waals surface area contributed by atoms with Gasteiger partial charge in [-0.15, -0.1) is 0 Å². The molecule has 0 saturated carbocycles. The molecule has 0 bridgehead atoms. The van der Waals surface area contributed by atoms with Gasteiger partial charge in [-0.25, -0.2) is 9.97 Å². The van der Waals surface area contributed by atoms with Crippen LogP contribution < -0.4 is 5.43 Å². The zero-order chi connectivity index (χ0) is 20.5. The van der Waals surface area contributed by atoms with Gasteiger partial charge in [0.25, 0.3) is 0 Å². The van der Waals surface area contributed by atoms with E-state index in [2.05, 4.69) is 53.8 Å². The smallest absolute Gasteiger partial charge is 0.149 e. The summed E-state index contributed by atoms with van der Waals surface area (Å²) < 4.78 is 2.04. The molecule has 3 heterocycles. The van der Waals surface area contributed by atoms with Crippen LogP contribution in [0.4, 0.5) is 5.82 Å². The minimum atomic E-state index is 0.749. The molecule has 0 atom stereocenters. The normalized spacial score (nSPS) is 11.5. The molecule has 5 rings (SSSR count). The van der Waals surface area contributed by atoms with E-state index in [1.54, 1.807) is 0 Å². The number of benzene rings is 2. The highest BCUT2D eigenvalue weighted by Crippen LogP contribution is 2.24. The molecule has 5 aromatic rings. The van der Waals surface area contributed by atoms with Crippen LogP contribution in [0.3, 0.4) is 0 Å². The van der Waals surface area contributed by atoms with Crippen molar-refractivity contribution in [1.29, 1.82) is 0 Å². The molecule has 0 amide bonds. The SMILES string of the molecule is Cc1ccc2cc(C)c(N/N=C\c3c(-c4ccccc4)nc4ccccn34)nc2c1. The fourth-order valence-corrected chi connectivity index (χ4v) is 3.60. The maximum atomic E-state index is 4.81. The molecular formula is C25H21N5. The molecular weight excluding hydrogens is 370 g/mol. The van der Waals surface area contributed by atoms with Gasteiger partial charge < -0.3 is 0 Å². The monoisotopic (exact) mass is 391 g/mol. The summed E-state index contributed by atoms with van der Waals surface area (Å²) in [5.41, 5.74) is 10.1. The first kappa shape index (κ1) is 18.1. The number of nitrogens with one attached hydrogen (secondary N) is 1. The second kappa shape index (κ2) is 7.44. The summed E-state index contributed by atoms with van der Waals surface area (Å²) in [6.45, 7) is 4.11. The number of aryl methyl sites for hydroxylation is 2. The number of fused-ring (bicyclic) bond motifs is 2. The summed E-state index contributed by atoms with van der Waals surface area (Å²) >= 11 is 0. The van der Waals surface area contributed by atoms with E-state index in [1.165, 1.54) is 5.56 Å². The van der Waals surface area contributed by atoms with Crippen LogP contribution in [0.5, 0.6) is 0 Å². The predicted molar refractivity (Wildman–Crippen MR) is 123 cm³/mol. The van der Waals surface area contributed by atoms with Crippen molar-refractivity contribution in [2.45, 2.75) is 13.8 Å². The van der Waals surface area contributed by atoms with E-state index < -0.39 is 0 Å². The Morgan fingerprint density at radius 3 is 2.60 bits per heavy atom. The topological polar surface area (TPSA) is 54.6 Å². The Hall–Kier alpha value is -3.99. The number of imidazole rings is 1. The lowest BCUT2D eigenvalue weighted by Gasteiger charge is -2.07. The number of pyridine rings is 2. The van der Waals surface area contributed by atoms with Gasteiger partial charge >= 0.3 is 0 Å². The molecule has 0 saturated heterocycles. The average molecular weight is 391 g/mol. The quantitative estimate of drug-likeness (QED) is 0.320. The number of nitrogens with zero attached hydrogens (tertiary/aromatic N) is 4. The van der Waals surface area contributed by atoms with Crippen molar-refractivity contribution in [3.05, 3.63) is 95.8 Å². The molecule has 2 aromatic carbocycles. The van der Waals surface area contributed by atoms with Gasteiger partial charge in [-0.3, -0.25) is 9.83 Å². The van der Waals surface area contributed by atoms with Gasteiger partial charge in [-0.1, -0.05) is 48.5 Å². The van der Waals surface area contributed by atoms with Crippen LogP contribution in [0.15, 0.2) is 84.1 Å². The Bertz CT molecular complexity index is 1380. The molecule has 5 nitrogen and oxygen atoms in total. The first-order chi connectivity index (χ1) is 14.7. The van der Waals surface area contributed by atoms with Crippen LogP contribution in [0.2, 0.25) is 0 Å². The Labute approximate surface area is 174 Å². The highest BCUT2D eigenvalue weighted by atomic mass is 15.3. The summed E-state index contributed by atoms with van der Waals surface area (Å²) in [7, 11) is 0. The number of hydrogen-bond donors (Lipinski definition) is 1. The second-order valence-electron chi connectivity index (χ2n) is 7.36. The number of hydrogen-bond acceptors (Lipinski definition) is 4. The molecule has 3 aromatic heterocycles. The van der Waals surface area contributed by atoms with Crippen LogP contribution >= 0.6 is 0 Å². The van der Waals surface area contributed by atoms with E-state index in [-0.39, 0.29) is 0 Å². The van der Waals surface area contributed by atoms with Gasteiger partial charge in [0, 0.05) is 17.1 Å². The van der Waals surface area contributed by atoms with Crippen LogP contribution in [0, 0.1) is 13.8 Å². The fourth-order valence-electron chi connectivity index (χ4n) is 3.60. The molecule has 0 aliphatic rings. The van der Waals surface area contributed by atoms with Gasteiger partial charge in [-0.2, -0.15) is 5.10 Å². The van der Waals surface area contributed by atoms with E-state index in [4.69, 9.17) is 9.97 Å². The summed E-state index contributed by atoms with van der Waals surface area (Å²) in [5.74, 6) is 0.749. The van der Waals surface area contributed by atoms with Gasteiger partial charge in [-0.05, 0) is 49.2 Å². The second-order valence-corrected chi connectivity index (χ2v) is 7.36. The lowest BCUT2D eigenvalue weighted by atomic mass is 10.1. The molecule has 0 radical (unpaired) electrons. The van der Waals surface area contributed by atoms with Crippen molar-refractivity contribution in [1.82, 2.24) is 14.4 Å². The van der Waals surface area contributed by atoms with E-state index in [1.807, 2.05) is 60.1 Å². The van der Waals surface area contributed by atoms with E-state index in [9.17, 15) is 0 Å². The fraction of sp³-hybridized carbons (Fsp3) is 0.0800. The minimum absolute atomic E-state index is 0.749. The lowest BCUT2D eigenvalue weighted by Crippen LogP contribution is -1.99. The van der Waals surface area contributed by atoms with Crippen molar-refractivity contribution in [2.24, 2.45) is 5.10 Å². The first-order valence-corrected chi connectivity index (χ1v) is 9.89. The molecule has 5 heteroatoms. The third-order valence-corrected chi connectivity index (χ3v) is 5.14. The predicted octanol–water partition coefficient (Wildman–Crippen LogP) is 5.61. The first-order valence-electron chi connectivity index (χ1n) is 9.89. The van der Waals surface area contributed by atoms with Crippen LogP contribution in [-0.2, 0) is 0 Å². The highest BCUT2D eigenvalue weighted by molar-refractivity contribution is 5.89. The van der Waals surface area contributed by atoms with Crippen molar-refractivity contribution in [3.63, 3.8) is 0 Å². The maximum Gasteiger partial charge on any atom is 0.149 e. The molecule has 0 unspecified atom stereocenters. The largest absolute Gasteiger partial charge is 0.298 e. The van der Waals surface area contributed by atoms with Crippen LogP contribution in [0.25, 0.3) is 27.8 Å². The zero-order valence-corrected chi connectivity index (χ0v) is 16.9. The Kier molecular flexibility index (Phi) is 4.48. The molecule has 30 heavy (non-hydrogen) atoms. The van der Waals surface area contributed by atoms with Gasteiger partial charge in [0.2, 0.25) is 0 Å². The molecule has 146 valence electrons. The lowest BCUT2D eigenvalue weighted by molar-refractivity contribution is 1.16. The highest BCUT2D eigenvalue weighted by Gasteiger charge is 2.12. The standard InChI is InChI=1S/C25H21N5/c1-17-11-12-20-15-18(2)25(27-21(20)14-17)29-26-16-22-24(19-8-4-3-5-9-19)28-23-10-6-7-13-30(22)23/h3-16H,1-2H3,(H,27,29)/b26-16-. The van der Waals surface area contributed by atoms with Crippen molar-refractivity contribution in [2.75, 3.05) is 5.43 Å². The number of anilines is 1. The van der Waals surface area contributed by atoms with Gasteiger partial charge in [0.15, 0.2) is 0 Å². The van der Waals surface area contributed by atoms with Crippen molar-refractivity contribution < 1.29 is 0 Å². The zero-order valence-electron chi connectivity index (χ0n) is 16.9. The summed E-state index contributed by atoms with van der Waals surface area (Å²) in [6.07, 6.45) is 3.81. The van der Waals surface area contributed by atoms with Crippen molar-refractivity contribution >= 4 is 28.6 Å². The third kappa shape index (κ3) is 3.31. The van der Waals surface area contributed by atoms with E-state index >= 15 is 0 Å². The Morgan fingerprint density at radius 2 is 1.73 bits per heavy atom. The van der Waals surface area contributed by atoms with Gasteiger partial charge in [0.05, 0.1) is 23.1 Å². The van der Waals surface area contributed by atoms with Crippen molar-refractivity contribution in [3.8, 4) is 11.3 Å². The third-order valence-electron chi connectivity index (χ3n) is 5.14. The molecule has 0 spiro atoms. The molecule has 0 aliphatic carbocycles. The molecule has 0 aliphatic heterocycles. The van der Waals surface area contributed by atoms with Gasteiger partial charge in [0.1, 0.15) is 11.5 Å². The minimum Gasteiger partial charge on any atom is -0.298 e. The Balaban J connectivity index is 1.53. The van der Waals surface area contributed by atoms with E-state index in [0.717, 1.165) is 44.9 Å².